The van der Waals surface area contributed by atoms with Gasteiger partial charge in [-0.25, -0.2) is 0 Å². The second-order valence-electron chi connectivity index (χ2n) is 6.85. The normalized spacial score (nSPS) is 17.7. The number of rotatable bonds is 5. The average molecular weight is 326 g/mol. The molecule has 1 aliphatic heterocycles. The molecule has 1 saturated heterocycles. The van der Waals surface area contributed by atoms with Gasteiger partial charge in [-0.3, -0.25) is 4.79 Å². The standard InChI is InChI=1S/C20H26N2O2/c1-15(2-3-16-4-6-19(23)7-5-16)22-12-9-17(10-13-22)18-8-11-21-20(24)14-18/h4-8,11,14-15,17,23H,2-3,9-10,12-13H2,1H3,(H,21,24). The minimum atomic E-state index is -0.00260. The number of phenols is 1. The van der Waals surface area contributed by atoms with Crippen molar-refractivity contribution in [3.63, 3.8) is 0 Å². The quantitative estimate of drug-likeness (QED) is 0.886. The van der Waals surface area contributed by atoms with Gasteiger partial charge in [-0.05, 0) is 80.9 Å². The number of H-pyrrole nitrogens is 1. The van der Waals surface area contributed by atoms with Crippen molar-refractivity contribution in [3.05, 3.63) is 64.1 Å². The molecule has 2 aromatic rings. The third kappa shape index (κ3) is 4.26. The van der Waals surface area contributed by atoms with E-state index in [0.29, 0.717) is 17.7 Å². The third-order valence-corrected chi connectivity index (χ3v) is 5.21. The lowest BCUT2D eigenvalue weighted by Gasteiger charge is -2.36. The molecule has 0 aliphatic carbocycles. The summed E-state index contributed by atoms with van der Waals surface area (Å²) < 4.78 is 0. The Kier molecular flexibility index (Phi) is 5.36. The van der Waals surface area contributed by atoms with Crippen LogP contribution in [0.2, 0.25) is 0 Å². The second-order valence-corrected chi connectivity index (χ2v) is 6.85. The molecular formula is C20H26N2O2. The zero-order valence-corrected chi connectivity index (χ0v) is 14.2. The SMILES string of the molecule is CC(CCc1ccc(O)cc1)N1CCC(c2cc[nH]c(=O)c2)CC1. The maximum absolute atomic E-state index is 11.5. The molecule has 1 aromatic carbocycles. The first-order valence-electron chi connectivity index (χ1n) is 8.82. The van der Waals surface area contributed by atoms with Crippen molar-refractivity contribution >= 4 is 0 Å². The lowest BCUT2D eigenvalue weighted by atomic mass is 9.89. The first-order chi connectivity index (χ1) is 11.6. The van der Waals surface area contributed by atoms with Crippen LogP contribution in [0.25, 0.3) is 0 Å². The molecule has 0 bridgehead atoms. The Morgan fingerprint density at radius 1 is 1.21 bits per heavy atom. The molecule has 4 heteroatoms. The molecule has 24 heavy (non-hydrogen) atoms. The summed E-state index contributed by atoms with van der Waals surface area (Å²) in [5.74, 6) is 0.835. The van der Waals surface area contributed by atoms with E-state index < -0.39 is 0 Å². The maximum atomic E-state index is 11.5. The predicted octanol–water partition coefficient (Wildman–Crippen LogP) is 3.28. The fourth-order valence-corrected chi connectivity index (χ4v) is 3.61. The largest absolute Gasteiger partial charge is 0.508 e. The minimum absolute atomic E-state index is 0.00260. The molecule has 1 fully saturated rings. The van der Waals surface area contributed by atoms with Gasteiger partial charge in [-0.15, -0.1) is 0 Å². The number of pyridine rings is 1. The molecule has 2 N–H and O–H groups in total. The highest BCUT2D eigenvalue weighted by Gasteiger charge is 2.23. The zero-order valence-electron chi connectivity index (χ0n) is 14.2. The van der Waals surface area contributed by atoms with E-state index in [9.17, 15) is 9.90 Å². The Hall–Kier alpha value is -2.07. The fraction of sp³-hybridized carbons (Fsp3) is 0.450. The first-order valence-corrected chi connectivity index (χ1v) is 8.82. The number of hydrogen-bond donors (Lipinski definition) is 2. The van der Waals surface area contributed by atoms with Crippen molar-refractivity contribution in [2.75, 3.05) is 13.1 Å². The topological polar surface area (TPSA) is 56.3 Å². The number of aromatic amines is 1. The number of nitrogens with zero attached hydrogens (tertiary/aromatic N) is 1. The molecule has 4 nitrogen and oxygen atoms in total. The molecule has 1 unspecified atom stereocenters. The molecule has 1 atom stereocenters. The van der Waals surface area contributed by atoms with E-state index in [4.69, 9.17) is 0 Å². The van der Waals surface area contributed by atoms with Crippen LogP contribution in [-0.2, 0) is 6.42 Å². The van der Waals surface area contributed by atoms with Crippen LogP contribution in [0.5, 0.6) is 5.75 Å². The summed E-state index contributed by atoms with van der Waals surface area (Å²) in [5, 5.41) is 9.34. The number of phenolic OH excluding ortho intramolecular Hbond substituents is 1. The third-order valence-electron chi connectivity index (χ3n) is 5.21. The molecule has 128 valence electrons. The van der Waals surface area contributed by atoms with E-state index in [1.54, 1.807) is 24.4 Å². The number of piperidine rings is 1. The average Bonchev–Trinajstić information content (AvgIpc) is 2.61. The Bertz CT molecular complexity index is 700. The molecule has 3 rings (SSSR count). The summed E-state index contributed by atoms with van der Waals surface area (Å²) in [5.41, 5.74) is 2.45. The molecule has 0 spiro atoms. The Labute approximate surface area is 143 Å². The van der Waals surface area contributed by atoms with Crippen LogP contribution < -0.4 is 5.56 Å². The molecule has 1 aliphatic rings. The number of hydrogen-bond acceptors (Lipinski definition) is 3. The van der Waals surface area contributed by atoms with Crippen LogP contribution in [0, 0.1) is 0 Å². The van der Waals surface area contributed by atoms with Gasteiger partial charge in [0.05, 0.1) is 0 Å². The van der Waals surface area contributed by atoms with Crippen molar-refractivity contribution in [2.24, 2.45) is 0 Å². The Morgan fingerprint density at radius 3 is 2.58 bits per heavy atom. The summed E-state index contributed by atoms with van der Waals surface area (Å²) in [6.07, 6.45) is 6.15. The van der Waals surface area contributed by atoms with Crippen molar-refractivity contribution in [1.82, 2.24) is 9.88 Å². The van der Waals surface area contributed by atoms with Crippen LogP contribution in [0.1, 0.15) is 43.2 Å². The molecule has 0 radical (unpaired) electrons. The van der Waals surface area contributed by atoms with Gasteiger partial charge in [-0.2, -0.15) is 0 Å². The monoisotopic (exact) mass is 326 g/mol. The van der Waals surface area contributed by atoms with Gasteiger partial charge < -0.3 is 15.0 Å². The predicted molar refractivity (Wildman–Crippen MR) is 96.5 cm³/mol. The van der Waals surface area contributed by atoms with Crippen LogP contribution in [0.4, 0.5) is 0 Å². The second kappa shape index (κ2) is 7.67. The first kappa shape index (κ1) is 16.8. The van der Waals surface area contributed by atoms with Gasteiger partial charge in [-0.1, -0.05) is 12.1 Å². The molecule has 2 heterocycles. The summed E-state index contributed by atoms with van der Waals surface area (Å²) in [7, 11) is 0. The summed E-state index contributed by atoms with van der Waals surface area (Å²) >= 11 is 0. The number of benzene rings is 1. The molecule has 1 aromatic heterocycles. The van der Waals surface area contributed by atoms with E-state index in [1.807, 2.05) is 18.2 Å². The highest BCUT2D eigenvalue weighted by Crippen LogP contribution is 2.28. The number of aromatic hydroxyl groups is 1. The van der Waals surface area contributed by atoms with Crippen LogP contribution in [0.15, 0.2) is 47.4 Å². The van der Waals surface area contributed by atoms with Gasteiger partial charge in [0.25, 0.3) is 0 Å². The lowest BCUT2D eigenvalue weighted by molar-refractivity contribution is 0.155. The van der Waals surface area contributed by atoms with Gasteiger partial charge in [0.15, 0.2) is 0 Å². The molecular weight excluding hydrogens is 300 g/mol. The summed E-state index contributed by atoms with van der Waals surface area (Å²) in [6.45, 7) is 4.48. The number of aromatic nitrogens is 1. The van der Waals surface area contributed by atoms with Crippen molar-refractivity contribution in [3.8, 4) is 5.75 Å². The Morgan fingerprint density at radius 2 is 1.92 bits per heavy atom. The number of aryl methyl sites for hydroxylation is 1. The van der Waals surface area contributed by atoms with Crippen molar-refractivity contribution < 1.29 is 5.11 Å². The zero-order chi connectivity index (χ0) is 16.9. The number of likely N-dealkylation sites (tertiary alicyclic amines) is 1. The van der Waals surface area contributed by atoms with Crippen molar-refractivity contribution in [1.29, 1.82) is 0 Å². The van der Waals surface area contributed by atoms with Gasteiger partial charge in [0, 0.05) is 18.3 Å². The van der Waals surface area contributed by atoms with E-state index >= 15 is 0 Å². The summed E-state index contributed by atoms with van der Waals surface area (Å²) in [4.78, 5) is 16.7. The lowest BCUT2D eigenvalue weighted by Crippen LogP contribution is -2.39. The van der Waals surface area contributed by atoms with E-state index in [1.165, 1.54) is 11.1 Å². The minimum Gasteiger partial charge on any atom is -0.508 e. The highest BCUT2D eigenvalue weighted by atomic mass is 16.3. The Balaban J connectivity index is 1.49. The molecule has 0 saturated carbocycles. The fourth-order valence-electron chi connectivity index (χ4n) is 3.61. The highest BCUT2D eigenvalue weighted by molar-refractivity contribution is 5.26. The summed E-state index contributed by atoms with van der Waals surface area (Å²) in [6, 6.07) is 11.9. The van der Waals surface area contributed by atoms with Gasteiger partial charge in [0.1, 0.15) is 5.75 Å². The molecule has 0 amide bonds. The van der Waals surface area contributed by atoms with Crippen LogP contribution >= 0.6 is 0 Å². The van der Waals surface area contributed by atoms with Crippen LogP contribution in [-0.4, -0.2) is 34.1 Å². The van der Waals surface area contributed by atoms with Gasteiger partial charge in [0.2, 0.25) is 5.56 Å². The van der Waals surface area contributed by atoms with Crippen LogP contribution in [0.3, 0.4) is 0 Å². The van der Waals surface area contributed by atoms with E-state index in [2.05, 4.69) is 16.8 Å². The van der Waals surface area contributed by atoms with E-state index in [-0.39, 0.29) is 5.56 Å². The van der Waals surface area contributed by atoms with Crippen molar-refractivity contribution in [2.45, 2.75) is 44.6 Å². The number of nitrogens with one attached hydrogen (secondary N) is 1. The van der Waals surface area contributed by atoms with Gasteiger partial charge >= 0.3 is 0 Å². The smallest absolute Gasteiger partial charge is 0.248 e. The van der Waals surface area contributed by atoms with E-state index in [0.717, 1.165) is 38.8 Å². The maximum Gasteiger partial charge on any atom is 0.248 e.